The molecule has 0 saturated heterocycles. The second-order valence-electron chi connectivity index (χ2n) is 6.32. The second-order valence-corrected chi connectivity index (χ2v) is 7.40. The summed E-state index contributed by atoms with van der Waals surface area (Å²) in [5, 5.41) is 0.822. The Morgan fingerprint density at radius 3 is 2.14 bits per heavy atom. The van der Waals surface area contributed by atoms with E-state index in [4.69, 9.17) is 14.2 Å². The van der Waals surface area contributed by atoms with E-state index >= 15 is 0 Å². The van der Waals surface area contributed by atoms with Gasteiger partial charge in [0.25, 0.3) is 0 Å². The molecule has 0 aliphatic rings. The topological polar surface area (TPSA) is 43.5 Å². The van der Waals surface area contributed by atoms with Crippen LogP contribution in [-0.4, -0.2) is 26.3 Å². The quantitative estimate of drug-likeness (QED) is 0.415. The molecular formula is C23H20FNO3S. The molecule has 0 saturated carbocycles. The van der Waals surface area contributed by atoms with E-state index in [-0.39, 0.29) is 5.82 Å². The lowest BCUT2D eigenvalue weighted by atomic mass is 10.1. The molecule has 0 aliphatic heterocycles. The Hall–Kier alpha value is -3.12. The molecule has 0 bridgehead atoms. The monoisotopic (exact) mass is 409 g/mol. The van der Waals surface area contributed by atoms with Gasteiger partial charge < -0.3 is 19.2 Å². The maximum absolute atomic E-state index is 14.5. The molecule has 0 atom stereocenters. The van der Waals surface area contributed by atoms with E-state index < -0.39 is 0 Å². The zero-order valence-electron chi connectivity index (χ0n) is 16.3. The third kappa shape index (κ3) is 3.51. The number of hydrogen-bond donors (Lipinski definition) is 1. The Labute approximate surface area is 172 Å². The number of fused-ring (bicyclic) bond motifs is 1. The van der Waals surface area contributed by atoms with Crippen molar-refractivity contribution in [2.45, 2.75) is 9.79 Å². The van der Waals surface area contributed by atoms with Gasteiger partial charge in [0.15, 0.2) is 11.5 Å². The molecule has 0 radical (unpaired) electrons. The van der Waals surface area contributed by atoms with Crippen LogP contribution in [0.1, 0.15) is 0 Å². The fraction of sp³-hybridized carbons (Fsp3) is 0.130. The van der Waals surface area contributed by atoms with E-state index in [0.717, 1.165) is 26.4 Å². The number of nitrogens with one attached hydrogen (secondary N) is 1. The summed E-state index contributed by atoms with van der Waals surface area (Å²) in [6.07, 6.45) is 0. The number of aromatic nitrogens is 1. The predicted octanol–water partition coefficient (Wildman–Crippen LogP) is 6.15. The summed E-state index contributed by atoms with van der Waals surface area (Å²) < 4.78 is 30.8. The molecule has 29 heavy (non-hydrogen) atoms. The molecule has 4 nitrogen and oxygen atoms in total. The van der Waals surface area contributed by atoms with Crippen LogP contribution in [0.25, 0.3) is 22.2 Å². The maximum Gasteiger partial charge on any atom is 0.203 e. The van der Waals surface area contributed by atoms with Crippen LogP contribution in [0.15, 0.2) is 70.5 Å². The summed E-state index contributed by atoms with van der Waals surface area (Å²) in [5.41, 5.74) is 2.34. The molecule has 148 valence electrons. The Morgan fingerprint density at radius 2 is 1.52 bits per heavy atom. The lowest BCUT2D eigenvalue weighted by Crippen LogP contribution is -1.95. The Balaban J connectivity index is 1.89. The minimum Gasteiger partial charge on any atom is -0.493 e. The van der Waals surface area contributed by atoms with Gasteiger partial charge in [-0.15, -0.1) is 0 Å². The first-order valence-corrected chi connectivity index (χ1v) is 9.81. The van der Waals surface area contributed by atoms with Gasteiger partial charge in [0.05, 0.1) is 32.5 Å². The smallest absolute Gasteiger partial charge is 0.203 e. The number of methoxy groups -OCH3 is 3. The van der Waals surface area contributed by atoms with Gasteiger partial charge in [0.2, 0.25) is 5.75 Å². The second kappa shape index (κ2) is 8.09. The van der Waals surface area contributed by atoms with Crippen molar-refractivity contribution >= 4 is 22.7 Å². The normalized spacial score (nSPS) is 10.9. The molecule has 0 spiro atoms. The summed E-state index contributed by atoms with van der Waals surface area (Å²) in [7, 11) is 4.74. The van der Waals surface area contributed by atoms with Crippen molar-refractivity contribution in [3.63, 3.8) is 0 Å². The molecule has 4 rings (SSSR count). The average Bonchev–Trinajstić information content (AvgIpc) is 3.13. The summed E-state index contributed by atoms with van der Waals surface area (Å²) in [4.78, 5) is 5.09. The molecule has 1 aromatic heterocycles. The summed E-state index contributed by atoms with van der Waals surface area (Å²) in [6, 6.07) is 18.8. The van der Waals surface area contributed by atoms with Crippen LogP contribution in [-0.2, 0) is 0 Å². The van der Waals surface area contributed by atoms with Crippen molar-refractivity contribution in [3.05, 3.63) is 66.5 Å². The third-order valence-corrected chi connectivity index (χ3v) is 5.76. The van der Waals surface area contributed by atoms with Gasteiger partial charge in [-0.2, -0.15) is 0 Å². The van der Waals surface area contributed by atoms with Crippen LogP contribution in [0.2, 0.25) is 0 Å². The molecule has 1 N–H and O–H groups in total. The average molecular weight is 409 g/mol. The third-order valence-electron chi connectivity index (χ3n) is 4.66. The Kier molecular flexibility index (Phi) is 5.36. The van der Waals surface area contributed by atoms with Crippen LogP contribution in [0.5, 0.6) is 17.2 Å². The van der Waals surface area contributed by atoms with Gasteiger partial charge in [-0.05, 0) is 23.8 Å². The van der Waals surface area contributed by atoms with Crippen molar-refractivity contribution in [2.75, 3.05) is 21.3 Å². The molecule has 3 aromatic carbocycles. The number of hydrogen-bond acceptors (Lipinski definition) is 4. The highest BCUT2D eigenvalue weighted by Gasteiger charge is 2.19. The van der Waals surface area contributed by atoms with Crippen LogP contribution in [0.3, 0.4) is 0 Å². The van der Waals surface area contributed by atoms with Gasteiger partial charge in [-0.25, -0.2) is 4.39 Å². The molecule has 6 heteroatoms. The molecule has 0 amide bonds. The van der Waals surface area contributed by atoms with Crippen molar-refractivity contribution in [1.29, 1.82) is 0 Å². The van der Waals surface area contributed by atoms with Crippen LogP contribution in [0.4, 0.5) is 4.39 Å². The lowest BCUT2D eigenvalue weighted by Gasteiger charge is -2.14. The van der Waals surface area contributed by atoms with E-state index in [1.165, 1.54) is 17.8 Å². The predicted molar refractivity (Wildman–Crippen MR) is 114 cm³/mol. The number of H-pyrrole nitrogens is 1. The largest absolute Gasteiger partial charge is 0.493 e. The number of aromatic amines is 1. The van der Waals surface area contributed by atoms with Crippen LogP contribution >= 0.6 is 11.8 Å². The van der Waals surface area contributed by atoms with E-state index in [1.807, 2.05) is 48.5 Å². The minimum atomic E-state index is -0.281. The van der Waals surface area contributed by atoms with Gasteiger partial charge in [0.1, 0.15) is 5.82 Å². The SMILES string of the molecule is COc1cc(Sc2c(-c3ccccc3)[nH]c3c(F)cccc23)cc(OC)c1OC. The van der Waals surface area contributed by atoms with Gasteiger partial charge >= 0.3 is 0 Å². The first-order chi connectivity index (χ1) is 14.2. The van der Waals surface area contributed by atoms with Crippen molar-refractivity contribution in [3.8, 4) is 28.5 Å². The van der Waals surface area contributed by atoms with E-state index in [0.29, 0.717) is 22.8 Å². The van der Waals surface area contributed by atoms with Crippen molar-refractivity contribution < 1.29 is 18.6 Å². The van der Waals surface area contributed by atoms with Crippen LogP contribution < -0.4 is 14.2 Å². The van der Waals surface area contributed by atoms with Crippen LogP contribution in [0, 0.1) is 5.82 Å². The van der Waals surface area contributed by atoms with Gasteiger partial charge in [-0.3, -0.25) is 0 Å². The molecule has 4 aromatic rings. The highest BCUT2D eigenvalue weighted by molar-refractivity contribution is 7.99. The number of benzene rings is 3. The number of halogens is 1. The standard InChI is InChI=1S/C23H20FNO3S/c1-26-18-12-15(13-19(27-2)22(18)28-3)29-23-16-10-7-11-17(24)21(16)25-20(23)14-8-5-4-6-9-14/h4-13,25H,1-3H3. The number of rotatable bonds is 6. The number of ether oxygens (including phenoxy) is 3. The molecule has 0 unspecified atom stereocenters. The maximum atomic E-state index is 14.5. The fourth-order valence-electron chi connectivity index (χ4n) is 3.30. The molecular weight excluding hydrogens is 389 g/mol. The highest BCUT2D eigenvalue weighted by atomic mass is 32.2. The number of para-hydroxylation sites is 1. The van der Waals surface area contributed by atoms with E-state index in [1.54, 1.807) is 27.4 Å². The Bertz CT molecular complexity index is 1130. The Morgan fingerprint density at radius 1 is 0.828 bits per heavy atom. The zero-order chi connectivity index (χ0) is 20.4. The van der Waals surface area contributed by atoms with E-state index in [9.17, 15) is 4.39 Å². The summed E-state index contributed by atoms with van der Waals surface area (Å²) in [6.45, 7) is 0. The van der Waals surface area contributed by atoms with E-state index in [2.05, 4.69) is 4.98 Å². The summed E-state index contributed by atoms with van der Waals surface area (Å²) >= 11 is 1.52. The molecule has 0 aliphatic carbocycles. The zero-order valence-corrected chi connectivity index (χ0v) is 17.1. The molecule has 0 fully saturated rings. The lowest BCUT2D eigenvalue weighted by molar-refractivity contribution is 0.323. The molecule has 1 heterocycles. The fourth-order valence-corrected chi connectivity index (χ4v) is 4.42. The van der Waals surface area contributed by atoms with Crippen molar-refractivity contribution in [2.24, 2.45) is 0 Å². The first-order valence-electron chi connectivity index (χ1n) is 8.99. The van der Waals surface area contributed by atoms with Gasteiger partial charge in [-0.1, -0.05) is 54.2 Å². The highest BCUT2D eigenvalue weighted by Crippen LogP contribution is 2.46. The first kappa shape index (κ1) is 19.2. The summed E-state index contributed by atoms with van der Waals surface area (Å²) in [5.74, 6) is 1.40. The minimum absolute atomic E-state index is 0.281. The van der Waals surface area contributed by atoms with Gasteiger partial charge in [0, 0.05) is 15.2 Å². The van der Waals surface area contributed by atoms with Crippen molar-refractivity contribution in [1.82, 2.24) is 4.98 Å².